The third-order valence-electron chi connectivity index (χ3n) is 15.6. The van der Waals surface area contributed by atoms with Gasteiger partial charge in [-0.1, -0.05) is 285 Å². The fourth-order valence-electron chi connectivity index (χ4n) is 9.90. The van der Waals surface area contributed by atoms with E-state index >= 15 is 0 Å². The summed E-state index contributed by atoms with van der Waals surface area (Å²) < 4.78 is 67.7. The summed E-state index contributed by atoms with van der Waals surface area (Å²) in [6, 6.07) is 0. The number of hydrogen-bond donors (Lipinski definition) is 3. The van der Waals surface area contributed by atoms with Crippen LogP contribution in [-0.2, 0) is 65.4 Å². The van der Waals surface area contributed by atoms with Crippen LogP contribution in [0.2, 0.25) is 0 Å². The number of aliphatic hydroxyl groups is 1. The molecule has 504 valence electrons. The fourth-order valence-corrected chi connectivity index (χ4v) is 11.5. The van der Waals surface area contributed by atoms with E-state index in [1.54, 1.807) is 0 Å². The molecular weight excluding hydrogens is 1130 g/mol. The SMILES string of the molecule is CCCCCCCCCCCCCC(=O)OC[C@H](COP(=O)(O)OC[C@@H](O)COP(=O)(O)OC[C@@H](COC(=O)CCCCCCC)OC(=O)CCCCCCCCC)OC(=O)CCCCCCCCCCCCCCCCCCCCC(C)CC. The van der Waals surface area contributed by atoms with E-state index in [4.69, 9.17) is 37.0 Å². The molecule has 3 N–H and O–H groups in total. The molecule has 17 nitrogen and oxygen atoms in total. The lowest BCUT2D eigenvalue weighted by Crippen LogP contribution is -2.30. The Balaban J connectivity index is 5.04. The zero-order valence-corrected chi connectivity index (χ0v) is 56.5. The van der Waals surface area contributed by atoms with Gasteiger partial charge >= 0.3 is 39.5 Å². The summed E-state index contributed by atoms with van der Waals surface area (Å²) in [5, 5.41) is 10.5. The number of carbonyl (C=O) groups excluding carboxylic acids is 4. The van der Waals surface area contributed by atoms with Gasteiger partial charge in [0.15, 0.2) is 12.2 Å². The van der Waals surface area contributed by atoms with Crippen LogP contribution in [0.5, 0.6) is 0 Å². The van der Waals surface area contributed by atoms with Crippen molar-refractivity contribution in [3.05, 3.63) is 0 Å². The molecular formula is C66H128O17P2. The summed E-state index contributed by atoms with van der Waals surface area (Å²) in [6.07, 6.45) is 45.1. The van der Waals surface area contributed by atoms with Crippen LogP contribution in [-0.4, -0.2) is 96.7 Å². The van der Waals surface area contributed by atoms with Crippen molar-refractivity contribution >= 4 is 39.5 Å². The van der Waals surface area contributed by atoms with E-state index in [-0.39, 0.29) is 25.7 Å². The van der Waals surface area contributed by atoms with Crippen LogP contribution >= 0.6 is 15.6 Å². The maximum Gasteiger partial charge on any atom is 0.472 e. The lowest BCUT2D eigenvalue weighted by Gasteiger charge is -2.21. The molecule has 6 atom stereocenters. The Morgan fingerprint density at radius 1 is 0.329 bits per heavy atom. The van der Waals surface area contributed by atoms with Crippen molar-refractivity contribution in [3.63, 3.8) is 0 Å². The molecule has 0 spiro atoms. The average molecular weight is 1260 g/mol. The molecule has 0 aliphatic rings. The van der Waals surface area contributed by atoms with Gasteiger partial charge in [-0.2, -0.15) is 0 Å². The van der Waals surface area contributed by atoms with Gasteiger partial charge in [0.2, 0.25) is 0 Å². The lowest BCUT2D eigenvalue weighted by atomic mass is 9.99. The highest BCUT2D eigenvalue weighted by molar-refractivity contribution is 7.47. The summed E-state index contributed by atoms with van der Waals surface area (Å²) in [6.45, 7) is 7.14. The monoisotopic (exact) mass is 1250 g/mol. The lowest BCUT2D eigenvalue weighted by molar-refractivity contribution is -0.161. The van der Waals surface area contributed by atoms with E-state index in [2.05, 4.69) is 34.6 Å². The maximum atomic E-state index is 13.0. The maximum absolute atomic E-state index is 13.0. The quantitative estimate of drug-likeness (QED) is 0.0222. The summed E-state index contributed by atoms with van der Waals surface area (Å²) in [4.78, 5) is 71.8. The second-order valence-electron chi connectivity index (χ2n) is 24.1. The van der Waals surface area contributed by atoms with E-state index in [0.29, 0.717) is 25.7 Å². The molecule has 85 heavy (non-hydrogen) atoms. The van der Waals surface area contributed by atoms with E-state index < -0.39 is 97.5 Å². The molecule has 0 aromatic rings. The van der Waals surface area contributed by atoms with Gasteiger partial charge in [0.05, 0.1) is 26.4 Å². The van der Waals surface area contributed by atoms with E-state index in [1.165, 1.54) is 141 Å². The standard InChI is InChI=1S/C66H128O17P2/c1-6-10-13-16-18-19-28-32-36-40-45-50-64(69)77-56-62(83-66(71)52-47-42-37-33-30-27-25-23-21-20-22-24-26-29-31-35-39-43-48-59(5)9-4)58-81-85(74,75)79-54-60(67)53-78-84(72,73)80-57-61(55-76-63(68)49-44-38-15-12-8-3)82-65(70)51-46-41-34-17-14-11-7-2/h59-62,67H,6-58H2,1-5H3,(H,72,73)(H,74,75)/t59?,60-,61+,62+/m0/s1. The van der Waals surface area contributed by atoms with Crippen LogP contribution < -0.4 is 0 Å². The molecule has 0 fully saturated rings. The molecule has 0 aromatic carbocycles. The normalized spacial score (nSPS) is 14.5. The van der Waals surface area contributed by atoms with Crippen molar-refractivity contribution in [2.24, 2.45) is 5.92 Å². The number of phosphoric acid groups is 2. The van der Waals surface area contributed by atoms with Crippen LogP contribution in [0.3, 0.4) is 0 Å². The highest BCUT2D eigenvalue weighted by Gasteiger charge is 2.30. The van der Waals surface area contributed by atoms with Gasteiger partial charge in [0, 0.05) is 25.7 Å². The first-order valence-corrected chi connectivity index (χ1v) is 37.7. The summed E-state index contributed by atoms with van der Waals surface area (Å²) in [5.74, 6) is -1.27. The van der Waals surface area contributed by atoms with Gasteiger partial charge in [-0.15, -0.1) is 0 Å². The molecule has 0 aliphatic carbocycles. The van der Waals surface area contributed by atoms with Crippen LogP contribution in [0, 0.1) is 5.92 Å². The van der Waals surface area contributed by atoms with Gasteiger partial charge in [0.25, 0.3) is 0 Å². The first-order valence-electron chi connectivity index (χ1n) is 34.7. The predicted molar refractivity (Wildman–Crippen MR) is 340 cm³/mol. The van der Waals surface area contributed by atoms with E-state index in [0.717, 1.165) is 115 Å². The number of phosphoric ester groups is 2. The molecule has 0 aromatic heterocycles. The second-order valence-corrected chi connectivity index (χ2v) is 27.0. The van der Waals surface area contributed by atoms with Gasteiger partial charge in [-0.3, -0.25) is 37.3 Å². The molecule has 0 rings (SSSR count). The number of carbonyl (C=O) groups is 4. The zero-order valence-electron chi connectivity index (χ0n) is 54.7. The Bertz CT molecular complexity index is 1650. The highest BCUT2D eigenvalue weighted by Crippen LogP contribution is 2.45. The van der Waals surface area contributed by atoms with Gasteiger partial charge in [-0.05, 0) is 31.6 Å². The first kappa shape index (κ1) is 83.1. The number of aliphatic hydroxyl groups excluding tert-OH is 1. The molecule has 0 aliphatic heterocycles. The van der Waals surface area contributed by atoms with Crippen LogP contribution in [0.1, 0.15) is 336 Å². The zero-order chi connectivity index (χ0) is 62.8. The third kappa shape index (κ3) is 59.5. The van der Waals surface area contributed by atoms with E-state index in [1.807, 2.05) is 0 Å². The van der Waals surface area contributed by atoms with Crippen molar-refractivity contribution in [2.45, 2.75) is 355 Å². The molecule has 0 radical (unpaired) electrons. The third-order valence-corrected chi connectivity index (χ3v) is 17.5. The van der Waals surface area contributed by atoms with Crippen LogP contribution in [0.4, 0.5) is 0 Å². The second kappa shape index (κ2) is 59.7. The summed E-state index contributed by atoms with van der Waals surface area (Å²) >= 11 is 0. The predicted octanol–water partition coefficient (Wildman–Crippen LogP) is 18.6. The molecule has 3 unspecified atom stereocenters. The van der Waals surface area contributed by atoms with Gasteiger partial charge in [0.1, 0.15) is 19.3 Å². The van der Waals surface area contributed by atoms with Crippen molar-refractivity contribution in [3.8, 4) is 0 Å². The largest absolute Gasteiger partial charge is 0.472 e. The highest BCUT2D eigenvalue weighted by atomic mass is 31.2. The number of esters is 4. The number of unbranched alkanes of at least 4 members (excludes halogenated alkanes) is 37. The minimum Gasteiger partial charge on any atom is -0.462 e. The number of hydrogen-bond acceptors (Lipinski definition) is 15. The van der Waals surface area contributed by atoms with Crippen molar-refractivity contribution in [2.75, 3.05) is 39.6 Å². The minimum absolute atomic E-state index is 0.103. The first-order chi connectivity index (χ1) is 41.1. The van der Waals surface area contributed by atoms with Crippen molar-refractivity contribution in [1.29, 1.82) is 0 Å². The fraction of sp³-hybridized carbons (Fsp3) is 0.939. The van der Waals surface area contributed by atoms with Crippen LogP contribution in [0.25, 0.3) is 0 Å². The van der Waals surface area contributed by atoms with Crippen LogP contribution in [0.15, 0.2) is 0 Å². The van der Waals surface area contributed by atoms with Crippen molar-refractivity contribution in [1.82, 2.24) is 0 Å². The topological polar surface area (TPSA) is 237 Å². The summed E-state index contributed by atoms with van der Waals surface area (Å²) in [7, 11) is -9.87. The smallest absolute Gasteiger partial charge is 0.462 e. The number of rotatable bonds is 66. The molecule has 0 saturated carbocycles. The number of ether oxygens (including phenoxy) is 4. The minimum atomic E-state index is -4.94. The van der Waals surface area contributed by atoms with E-state index in [9.17, 15) is 43.2 Å². The molecule has 0 heterocycles. The van der Waals surface area contributed by atoms with Gasteiger partial charge < -0.3 is 33.8 Å². The Kier molecular flexibility index (Phi) is 58.3. The Morgan fingerprint density at radius 3 is 0.835 bits per heavy atom. The van der Waals surface area contributed by atoms with Crippen molar-refractivity contribution < 1.29 is 80.2 Å². The molecule has 0 bridgehead atoms. The Hall–Kier alpha value is -1.94. The molecule has 19 heteroatoms. The molecule has 0 amide bonds. The average Bonchev–Trinajstić information content (AvgIpc) is 3.53. The summed E-state index contributed by atoms with van der Waals surface area (Å²) in [5.41, 5.74) is 0. The van der Waals surface area contributed by atoms with Gasteiger partial charge in [-0.25, -0.2) is 9.13 Å². The Morgan fingerprint density at radius 2 is 0.565 bits per heavy atom. The molecule has 0 saturated heterocycles. The Labute approximate surface area is 517 Å².